The van der Waals surface area contributed by atoms with Crippen molar-refractivity contribution in [3.63, 3.8) is 0 Å². The molecule has 1 aliphatic rings. The van der Waals surface area contributed by atoms with Gasteiger partial charge in [0.25, 0.3) is 0 Å². The van der Waals surface area contributed by atoms with Crippen LogP contribution < -0.4 is 5.32 Å². The van der Waals surface area contributed by atoms with Crippen LogP contribution in [-0.2, 0) is 16.0 Å². The summed E-state index contributed by atoms with van der Waals surface area (Å²) in [5.41, 5.74) is -0.409. The minimum Gasteiger partial charge on any atom is -0.506 e. The van der Waals surface area contributed by atoms with Gasteiger partial charge in [-0.25, -0.2) is 4.98 Å². The van der Waals surface area contributed by atoms with Crippen molar-refractivity contribution in [1.29, 1.82) is 0 Å². The molecule has 0 aliphatic heterocycles. The van der Waals surface area contributed by atoms with Gasteiger partial charge in [0, 0.05) is 12.5 Å². The van der Waals surface area contributed by atoms with E-state index >= 15 is 0 Å². The maximum absolute atomic E-state index is 12.8. The molecule has 9 nitrogen and oxygen atoms in total. The van der Waals surface area contributed by atoms with Crippen molar-refractivity contribution in [2.75, 3.05) is 0 Å². The highest BCUT2D eigenvalue weighted by molar-refractivity contribution is 5.83. The van der Waals surface area contributed by atoms with Crippen molar-refractivity contribution in [3.8, 4) is 17.3 Å². The molecule has 2 atom stereocenters. The molecule has 0 bridgehead atoms. The van der Waals surface area contributed by atoms with Crippen LogP contribution in [0.25, 0.3) is 11.5 Å². The topological polar surface area (TPSA) is 138 Å². The first-order valence-corrected chi connectivity index (χ1v) is 9.28. The van der Waals surface area contributed by atoms with E-state index in [2.05, 4.69) is 20.4 Å². The van der Waals surface area contributed by atoms with E-state index in [0.717, 1.165) is 12.8 Å². The number of hydrogen-bond donors (Lipinski definition) is 3. The Morgan fingerprint density at radius 1 is 1.29 bits per heavy atom. The molecule has 3 rings (SSSR count). The fourth-order valence-electron chi connectivity index (χ4n) is 3.37. The molecule has 9 heteroatoms. The molecule has 3 N–H and O–H groups in total. The van der Waals surface area contributed by atoms with E-state index in [-0.39, 0.29) is 35.8 Å². The first-order chi connectivity index (χ1) is 13.3. The Hall–Kier alpha value is -2.97. The molecule has 150 valence electrons. The highest BCUT2D eigenvalue weighted by atomic mass is 16.5. The van der Waals surface area contributed by atoms with E-state index in [0.29, 0.717) is 18.5 Å². The molecular formula is C19H24N4O5. The molecule has 2 aromatic rings. The normalized spacial score (nSPS) is 19.9. The minimum absolute atomic E-state index is 0.0349. The first-order valence-electron chi connectivity index (χ1n) is 9.28. The van der Waals surface area contributed by atoms with Crippen molar-refractivity contribution in [3.05, 3.63) is 24.2 Å². The number of aromatic hydroxyl groups is 1. The highest BCUT2D eigenvalue weighted by Crippen LogP contribution is 2.28. The van der Waals surface area contributed by atoms with Crippen LogP contribution in [0.2, 0.25) is 0 Å². The number of pyridine rings is 1. The van der Waals surface area contributed by atoms with Gasteiger partial charge < -0.3 is 20.1 Å². The van der Waals surface area contributed by atoms with Crippen molar-refractivity contribution >= 4 is 11.9 Å². The molecule has 1 aliphatic carbocycles. The van der Waals surface area contributed by atoms with Crippen LogP contribution in [0.3, 0.4) is 0 Å². The van der Waals surface area contributed by atoms with E-state index in [9.17, 15) is 19.8 Å². The number of hydrogen-bond acceptors (Lipinski definition) is 7. The summed E-state index contributed by atoms with van der Waals surface area (Å²) in [5.74, 6) is -1.08. The number of carboxylic acid groups (broad SMARTS) is 1. The van der Waals surface area contributed by atoms with E-state index in [4.69, 9.17) is 4.52 Å². The summed E-state index contributed by atoms with van der Waals surface area (Å²) in [6.07, 6.45) is 4.49. The van der Waals surface area contributed by atoms with Crippen molar-refractivity contribution in [1.82, 2.24) is 20.4 Å². The van der Waals surface area contributed by atoms with Gasteiger partial charge in [0.1, 0.15) is 11.4 Å². The molecular weight excluding hydrogens is 364 g/mol. The van der Waals surface area contributed by atoms with Crippen LogP contribution in [0.1, 0.15) is 45.4 Å². The molecule has 1 saturated carbocycles. The predicted octanol–water partition coefficient (Wildman–Crippen LogP) is 2.17. The van der Waals surface area contributed by atoms with E-state index in [1.165, 1.54) is 12.3 Å². The SMILES string of the molecule is CC(C)(Cc1nc(-c2ccc(O)cn2)no1)C(=O)N[C@H]1CCCC[C@@H]1C(=O)O. The van der Waals surface area contributed by atoms with Crippen LogP contribution in [-0.4, -0.2) is 43.3 Å². The number of amides is 1. The molecule has 28 heavy (non-hydrogen) atoms. The molecule has 1 amide bonds. The zero-order valence-electron chi connectivity index (χ0n) is 15.9. The van der Waals surface area contributed by atoms with Gasteiger partial charge in [-0.1, -0.05) is 31.8 Å². The quantitative estimate of drug-likeness (QED) is 0.684. The van der Waals surface area contributed by atoms with Crippen molar-refractivity contribution < 1.29 is 24.3 Å². The third-order valence-corrected chi connectivity index (χ3v) is 5.05. The van der Waals surface area contributed by atoms with E-state index < -0.39 is 17.3 Å². The van der Waals surface area contributed by atoms with E-state index in [1.54, 1.807) is 19.9 Å². The Bertz CT molecular complexity index is 846. The summed E-state index contributed by atoms with van der Waals surface area (Å²) in [6, 6.07) is 2.67. The fraction of sp³-hybridized carbons (Fsp3) is 0.526. The second-order valence-corrected chi connectivity index (χ2v) is 7.78. The maximum atomic E-state index is 12.8. The first kappa shape index (κ1) is 19.8. The summed E-state index contributed by atoms with van der Waals surface area (Å²) in [5, 5.41) is 25.5. The number of aliphatic carboxylic acids is 1. The third kappa shape index (κ3) is 4.47. The van der Waals surface area contributed by atoms with Gasteiger partial charge >= 0.3 is 5.97 Å². The zero-order chi connectivity index (χ0) is 20.3. The zero-order valence-corrected chi connectivity index (χ0v) is 15.9. The predicted molar refractivity (Wildman–Crippen MR) is 98.2 cm³/mol. The lowest BCUT2D eigenvalue weighted by Crippen LogP contribution is -2.49. The fourth-order valence-corrected chi connectivity index (χ4v) is 3.37. The van der Waals surface area contributed by atoms with Gasteiger partial charge in [-0.15, -0.1) is 0 Å². The molecule has 2 aromatic heterocycles. The summed E-state index contributed by atoms with van der Waals surface area (Å²) in [4.78, 5) is 32.5. The van der Waals surface area contributed by atoms with Gasteiger partial charge in [-0.2, -0.15) is 4.98 Å². The number of nitrogens with one attached hydrogen (secondary N) is 1. The van der Waals surface area contributed by atoms with Crippen molar-refractivity contribution in [2.24, 2.45) is 11.3 Å². The molecule has 0 aromatic carbocycles. The Balaban J connectivity index is 1.66. The summed E-state index contributed by atoms with van der Waals surface area (Å²) in [6.45, 7) is 3.51. The largest absolute Gasteiger partial charge is 0.506 e. The molecule has 1 fully saturated rings. The monoisotopic (exact) mass is 388 g/mol. The number of aromatic nitrogens is 3. The second kappa shape index (κ2) is 7.95. The van der Waals surface area contributed by atoms with Crippen LogP contribution in [0.5, 0.6) is 5.75 Å². The van der Waals surface area contributed by atoms with Gasteiger partial charge in [0.2, 0.25) is 17.6 Å². The standard InChI is InChI=1S/C19H24N4O5/c1-19(2,18(27)21-13-6-4-3-5-12(13)17(25)26)9-15-22-16(23-28-15)14-8-7-11(24)10-20-14/h7-8,10,12-13,24H,3-6,9H2,1-2H3,(H,21,27)(H,25,26)/t12-,13-/m0/s1. The molecule has 0 unspecified atom stereocenters. The van der Waals surface area contributed by atoms with Gasteiger partial charge in [0.15, 0.2) is 0 Å². The Morgan fingerprint density at radius 3 is 2.71 bits per heavy atom. The van der Waals surface area contributed by atoms with E-state index in [1.807, 2.05) is 0 Å². The average Bonchev–Trinajstić information content (AvgIpc) is 3.10. The number of carboxylic acids is 1. The minimum atomic E-state index is -0.870. The average molecular weight is 388 g/mol. The van der Waals surface area contributed by atoms with Gasteiger partial charge in [0.05, 0.1) is 17.5 Å². The lowest BCUT2D eigenvalue weighted by Gasteiger charge is -2.32. The maximum Gasteiger partial charge on any atom is 0.308 e. The molecule has 0 saturated heterocycles. The van der Waals surface area contributed by atoms with Crippen LogP contribution in [0, 0.1) is 11.3 Å². The Kier molecular flexibility index (Phi) is 5.62. The number of nitrogens with zero attached hydrogens (tertiary/aromatic N) is 3. The second-order valence-electron chi connectivity index (χ2n) is 7.78. The number of carbonyl (C=O) groups excluding carboxylic acids is 1. The highest BCUT2D eigenvalue weighted by Gasteiger charge is 2.37. The lowest BCUT2D eigenvalue weighted by molar-refractivity contribution is -0.144. The summed E-state index contributed by atoms with van der Waals surface area (Å²) in [7, 11) is 0. The smallest absolute Gasteiger partial charge is 0.308 e. The lowest BCUT2D eigenvalue weighted by atomic mass is 9.82. The molecule has 0 spiro atoms. The van der Waals surface area contributed by atoms with Crippen molar-refractivity contribution in [2.45, 2.75) is 52.0 Å². The summed E-state index contributed by atoms with van der Waals surface area (Å²) < 4.78 is 5.25. The summed E-state index contributed by atoms with van der Waals surface area (Å²) >= 11 is 0. The molecule has 0 radical (unpaired) electrons. The van der Waals surface area contributed by atoms with Crippen LogP contribution in [0.15, 0.2) is 22.9 Å². The molecule has 2 heterocycles. The Morgan fingerprint density at radius 2 is 2.04 bits per heavy atom. The van der Waals surface area contributed by atoms with Crippen LogP contribution >= 0.6 is 0 Å². The Labute approximate surface area is 162 Å². The third-order valence-electron chi connectivity index (χ3n) is 5.05. The number of carbonyl (C=O) groups is 2. The van der Waals surface area contributed by atoms with Gasteiger partial charge in [-0.05, 0) is 25.0 Å². The van der Waals surface area contributed by atoms with Crippen LogP contribution in [0.4, 0.5) is 0 Å². The van der Waals surface area contributed by atoms with Gasteiger partial charge in [-0.3, -0.25) is 9.59 Å². The number of rotatable bonds is 6.